The highest BCUT2D eigenvalue weighted by atomic mass is 16.4. The Morgan fingerprint density at radius 3 is 3.04 bits per heavy atom. The molecule has 0 bridgehead atoms. The van der Waals surface area contributed by atoms with Crippen LogP contribution in [-0.4, -0.2) is 45.3 Å². The van der Waals surface area contributed by atoms with Gasteiger partial charge in [0.15, 0.2) is 0 Å². The second kappa shape index (κ2) is 6.28. The third kappa shape index (κ3) is 2.67. The fraction of sp³-hybridized carbons (Fsp3) is 0.444. The lowest BCUT2D eigenvalue weighted by molar-refractivity contribution is 0.276. The summed E-state index contributed by atoms with van der Waals surface area (Å²) < 4.78 is 7.94. The Morgan fingerprint density at radius 2 is 2.17 bits per heavy atom. The number of anilines is 1. The van der Waals surface area contributed by atoms with Crippen molar-refractivity contribution in [2.45, 2.75) is 25.8 Å². The predicted molar refractivity (Wildman–Crippen MR) is 95.0 cm³/mol. The Kier molecular flexibility index (Phi) is 3.98. The highest BCUT2D eigenvalue weighted by Crippen LogP contribution is 2.30. The van der Waals surface area contributed by atoms with E-state index in [1.807, 2.05) is 25.4 Å². The van der Waals surface area contributed by atoms with Crippen molar-refractivity contribution in [1.29, 1.82) is 0 Å². The zero-order valence-corrected chi connectivity index (χ0v) is 14.2. The summed E-state index contributed by atoms with van der Waals surface area (Å²) in [7, 11) is 2.03. The molecule has 0 aliphatic carbocycles. The first-order valence-electron chi connectivity index (χ1n) is 8.62. The Bertz CT molecular complexity index is 837. The molecule has 0 unspecified atom stereocenters. The maximum absolute atomic E-state index is 5.85. The molecule has 1 N–H and O–H groups in total. The van der Waals surface area contributed by atoms with Crippen LogP contribution < -0.4 is 5.32 Å². The van der Waals surface area contributed by atoms with Crippen LogP contribution in [0.3, 0.4) is 0 Å². The van der Waals surface area contributed by atoms with E-state index in [1.165, 1.54) is 19.4 Å². The van der Waals surface area contributed by atoms with Crippen LogP contribution in [0.25, 0.3) is 22.4 Å². The molecule has 3 heterocycles. The van der Waals surface area contributed by atoms with Crippen LogP contribution in [0, 0.1) is 0 Å². The number of aromatic nitrogens is 3. The number of likely N-dealkylation sites (N-methyl/N-ethyl adjacent to an activating group) is 1. The number of hydrogen-bond acceptors (Lipinski definition) is 5. The number of nitrogens with one attached hydrogen (secondary N) is 1. The second-order valence-corrected chi connectivity index (χ2v) is 6.39. The molecule has 6 nitrogen and oxygen atoms in total. The highest BCUT2D eigenvalue weighted by Gasteiger charge is 2.23. The van der Waals surface area contributed by atoms with Gasteiger partial charge in [0.05, 0.1) is 5.56 Å². The van der Waals surface area contributed by atoms with Gasteiger partial charge >= 0.3 is 6.01 Å². The summed E-state index contributed by atoms with van der Waals surface area (Å²) in [5.74, 6) is 0.563. The highest BCUT2D eigenvalue weighted by molar-refractivity contribution is 5.93. The summed E-state index contributed by atoms with van der Waals surface area (Å²) in [5.41, 5.74) is 2.13. The van der Waals surface area contributed by atoms with Gasteiger partial charge in [-0.15, -0.1) is 5.10 Å². The molecule has 0 amide bonds. The molecule has 24 heavy (non-hydrogen) atoms. The van der Waals surface area contributed by atoms with E-state index in [0.717, 1.165) is 29.6 Å². The van der Waals surface area contributed by atoms with Gasteiger partial charge in [-0.1, -0.05) is 30.2 Å². The van der Waals surface area contributed by atoms with Crippen molar-refractivity contribution >= 4 is 16.9 Å². The average molecular weight is 325 g/mol. The standard InChI is InChI=1S/C18H23N5O/c1-3-23-10-6-7-13(23)11-19-18-21-20-17(24-18)15-12-22(2)16-9-5-4-8-14(15)16/h4-5,8-9,12-13H,3,6-7,10-11H2,1-2H3,(H,19,21)/t13-/m1/s1. The average Bonchev–Trinajstić information content (AvgIpc) is 3.32. The fourth-order valence-electron chi connectivity index (χ4n) is 3.66. The van der Waals surface area contributed by atoms with Crippen LogP contribution >= 0.6 is 0 Å². The van der Waals surface area contributed by atoms with Crippen molar-refractivity contribution in [3.05, 3.63) is 30.5 Å². The van der Waals surface area contributed by atoms with E-state index >= 15 is 0 Å². The molecule has 0 radical (unpaired) electrons. The van der Waals surface area contributed by atoms with Crippen molar-refractivity contribution in [3.8, 4) is 11.5 Å². The van der Waals surface area contributed by atoms with E-state index < -0.39 is 0 Å². The lowest BCUT2D eigenvalue weighted by atomic mass is 10.2. The number of fused-ring (bicyclic) bond motifs is 1. The van der Waals surface area contributed by atoms with Crippen molar-refractivity contribution in [2.24, 2.45) is 7.05 Å². The summed E-state index contributed by atoms with van der Waals surface area (Å²) in [6.45, 7) is 5.35. The Hall–Kier alpha value is -2.34. The maximum atomic E-state index is 5.85. The first-order chi connectivity index (χ1) is 11.8. The maximum Gasteiger partial charge on any atom is 0.315 e. The minimum Gasteiger partial charge on any atom is -0.403 e. The fourth-order valence-corrected chi connectivity index (χ4v) is 3.66. The molecule has 2 aromatic heterocycles. The molecule has 0 spiro atoms. The Balaban J connectivity index is 1.52. The second-order valence-electron chi connectivity index (χ2n) is 6.39. The molecule has 1 fully saturated rings. The summed E-state index contributed by atoms with van der Waals surface area (Å²) in [6, 6.07) is 9.30. The van der Waals surface area contributed by atoms with E-state index in [9.17, 15) is 0 Å². The van der Waals surface area contributed by atoms with Gasteiger partial charge in [0.2, 0.25) is 0 Å². The minimum absolute atomic E-state index is 0.501. The van der Waals surface area contributed by atoms with E-state index in [4.69, 9.17) is 4.42 Å². The zero-order valence-electron chi connectivity index (χ0n) is 14.2. The largest absolute Gasteiger partial charge is 0.403 e. The lowest BCUT2D eigenvalue weighted by Crippen LogP contribution is -2.34. The number of likely N-dealkylation sites (tertiary alicyclic amines) is 1. The summed E-state index contributed by atoms with van der Waals surface area (Å²) in [6.07, 6.45) is 4.54. The summed E-state index contributed by atoms with van der Waals surface area (Å²) in [4.78, 5) is 2.50. The molecule has 1 atom stereocenters. The minimum atomic E-state index is 0.501. The van der Waals surface area contributed by atoms with E-state index in [0.29, 0.717) is 17.9 Å². The number of nitrogens with zero attached hydrogens (tertiary/aromatic N) is 4. The Morgan fingerprint density at radius 1 is 1.29 bits per heavy atom. The SMILES string of the molecule is CCN1CCC[C@@H]1CNc1nnc(-c2cn(C)c3ccccc23)o1. The van der Waals surface area contributed by atoms with Crippen LogP contribution in [0.5, 0.6) is 0 Å². The summed E-state index contributed by atoms with van der Waals surface area (Å²) in [5, 5.41) is 12.8. The molecule has 126 valence electrons. The number of rotatable bonds is 5. The molecule has 4 rings (SSSR count). The van der Waals surface area contributed by atoms with Crippen LogP contribution in [0.1, 0.15) is 19.8 Å². The number of hydrogen-bond donors (Lipinski definition) is 1. The molecule has 1 aliphatic heterocycles. The van der Waals surface area contributed by atoms with E-state index in [1.54, 1.807) is 0 Å². The number of para-hydroxylation sites is 1. The molecule has 1 aromatic carbocycles. The van der Waals surface area contributed by atoms with E-state index in [2.05, 4.69) is 44.0 Å². The zero-order chi connectivity index (χ0) is 16.5. The number of aryl methyl sites for hydroxylation is 1. The van der Waals surface area contributed by atoms with Crippen molar-refractivity contribution < 1.29 is 4.42 Å². The smallest absolute Gasteiger partial charge is 0.315 e. The van der Waals surface area contributed by atoms with Gasteiger partial charge in [0.25, 0.3) is 5.89 Å². The Labute approximate surface area is 141 Å². The third-order valence-electron chi connectivity index (χ3n) is 4.95. The van der Waals surface area contributed by atoms with Gasteiger partial charge in [-0.3, -0.25) is 4.90 Å². The van der Waals surface area contributed by atoms with Gasteiger partial charge in [-0.2, -0.15) is 0 Å². The predicted octanol–water partition coefficient (Wildman–Crippen LogP) is 3.12. The summed E-state index contributed by atoms with van der Waals surface area (Å²) >= 11 is 0. The molecular formula is C18H23N5O. The molecule has 3 aromatic rings. The molecule has 1 saturated heterocycles. The van der Waals surface area contributed by atoms with Crippen LogP contribution in [0.4, 0.5) is 6.01 Å². The molecule has 1 aliphatic rings. The third-order valence-corrected chi connectivity index (χ3v) is 4.95. The van der Waals surface area contributed by atoms with Crippen molar-refractivity contribution in [3.63, 3.8) is 0 Å². The van der Waals surface area contributed by atoms with Gasteiger partial charge in [0.1, 0.15) is 0 Å². The molecule has 6 heteroatoms. The van der Waals surface area contributed by atoms with Crippen LogP contribution in [0.2, 0.25) is 0 Å². The molecule has 0 saturated carbocycles. The lowest BCUT2D eigenvalue weighted by Gasteiger charge is -2.22. The number of benzene rings is 1. The van der Waals surface area contributed by atoms with Crippen LogP contribution in [0.15, 0.2) is 34.9 Å². The molecular weight excluding hydrogens is 302 g/mol. The monoisotopic (exact) mass is 325 g/mol. The van der Waals surface area contributed by atoms with Gasteiger partial charge in [-0.05, 0) is 32.0 Å². The van der Waals surface area contributed by atoms with Gasteiger partial charge in [0, 0.05) is 36.7 Å². The topological polar surface area (TPSA) is 59.1 Å². The van der Waals surface area contributed by atoms with Gasteiger partial charge < -0.3 is 14.3 Å². The van der Waals surface area contributed by atoms with E-state index in [-0.39, 0.29) is 0 Å². The quantitative estimate of drug-likeness (QED) is 0.781. The van der Waals surface area contributed by atoms with Crippen molar-refractivity contribution in [2.75, 3.05) is 25.0 Å². The van der Waals surface area contributed by atoms with Gasteiger partial charge in [-0.25, -0.2) is 0 Å². The first kappa shape index (κ1) is 15.2. The first-order valence-corrected chi connectivity index (χ1v) is 8.62. The van der Waals surface area contributed by atoms with Crippen molar-refractivity contribution in [1.82, 2.24) is 19.7 Å². The van der Waals surface area contributed by atoms with Crippen LogP contribution in [-0.2, 0) is 7.05 Å². The normalized spacial score (nSPS) is 18.5.